The quantitative estimate of drug-likeness (QED) is 0.213. The summed E-state index contributed by atoms with van der Waals surface area (Å²) < 4.78 is 0. The molecule has 152 valence electrons. The highest BCUT2D eigenvalue weighted by molar-refractivity contribution is 6.03. The number of nitro groups is 1. The van der Waals surface area contributed by atoms with Crippen LogP contribution in [0.5, 0.6) is 0 Å². The number of hydrogen-bond acceptors (Lipinski definition) is 5. The van der Waals surface area contributed by atoms with Gasteiger partial charge in [-0.15, -0.1) is 0 Å². The van der Waals surface area contributed by atoms with Crippen molar-refractivity contribution in [2.24, 2.45) is 0 Å². The van der Waals surface area contributed by atoms with Gasteiger partial charge in [-0.2, -0.15) is 0 Å². The van der Waals surface area contributed by atoms with Gasteiger partial charge < -0.3 is 15.4 Å². The molecular weight excluding hydrogens is 374 g/mol. The predicted octanol–water partition coefficient (Wildman–Crippen LogP) is 4.34. The molecule has 0 radical (unpaired) electrons. The van der Waals surface area contributed by atoms with Crippen LogP contribution in [0.15, 0.2) is 35.1 Å². The van der Waals surface area contributed by atoms with Crippen LogP contribution in [0.2, 0.25) is 0 Å². The molecule has 3 N–H and O–H groups in total. The van der Waals surface area contributed by atoms with Crippen molar-refractivity contribution in [3.05, 3.63) is 56.2 Å². The number of unbranched alkanes of at least 4 members (excludes halogenated alkanes) is 3. The molecule has 0 saturated carbocycles. The molecule has 3 rings (SSSR count). The summed E-state index contributed by atoms with van der Waals surface area (Å²) in [5, 5.41) is 24.1. The summed E-state index contributed by atoms with van der Waals surface area (Å²) in [6.45, 7) is 2.44. The van der Waals surface area contributed by atoms with E-state index in [4.69, 9.17) is 5.11 Å². The number of hydrogen-bond donors (Lipinski definition) is 3. The number of pyridine rings is 1. The van der Waals surface area contributed by atoms with E-state index in [1.54, 1.807) is 18.2 Å². The maximum Gasteiger partial charge on any atom is 0.303 e. The summed E-state index contributed by atoms with van der Waals surface area (Å²) in [5.74, 6) is -0.790. The van der Waals surface area contributed by atoms with Crippen molar-refractivity contribution in [1.29, 1.82) is 0 Å². The highest BCUT2D eigenvalue weighted by Crippen LogP contribution is 2.30. The lowest BCUT2D eigenvalue weighted by Gasteiger charge is -2.12. The molecule has 0 spiro atoms. The zero-order chi connectivity index (χ0) is 21.0. The Hall–Kier alpha value is -3.42. The number of rotatable bonds is 9. The summed E-state index contributed by atoms with van der Waals surface area (Å²) in [6, 6.07) is 8.33. The number of nitro benzene ring substituents is 1. The molecule has 8 nitrogen and oxygen atoms in total. The monoisotopic (exact) mass is 397 g/mol. The summed E-state index contributed by atoms with van der Waals surface area (Å²) >= 11 is 0. The average molecular weight is 397 g/mol. The molecule has 0 unspecified atom stereocenters. The Labute approximate surface area is 166 Å². The smallest absolute Gasteiger partial charge is 0.303 e. The number of carboxylic acid groups (broad SMARTS) is 1. The van der Waals surface area contributed by atoms with Crippen LogP contribution in [0, 0.1) is 17.0 Å². The van der Waals surface area contributed by atoms with Gasteiger partial charge in [0, 0.05) is 30.1 Å². The maximum absolute atomic E-state index is 13.1. The lowest BCUT2D eigenvalue weighted by molar-refractivity contribution is -0.383. The van der Waals surface area contributed by atoms with Crippen LogP contribution in [0.1, 0.15) is 37.7 Å². The fraction of sp³-hybridized carbons (Fsp3) is 0.333. The van der Waals surface area contributed by atoms with Gasteiger partial charge in [0.15, 0.2) is 5.43 Å². The van der Waals surface area contributed by atoms with Crippen LogP contribution < -0.4 is 10.7 Å². The number of benzene rings is 2. The molecule has 0 fully saturated rings. The molecule has 0 atom stereocenters. The van der Waals surface area contributed by atoms with Gasteiger partial charge in [-0.1, -0.05) is 25.0 Å². The zero-order valence-corrected chi connectivity index (χ0v) is 16.2. The van der Waals surface area contributed by atoms with Gasteiger partial charge in [-0.3, -0.25) is 19.7 Å². The fourth-order valence-electron chi connectivity index (χ4n) is 3.51. The van der Waals surface area contributed by atoms with E-state index in [0.717, 1.165) is 24.8 Å². The van der Waals surface area contributed by atoms with Gasteiger partial charge in [-0.05, 0) is 37.5 Å². The van der Waals surface area contributed by atoms with Gasteiger partial charge in [0.25, 0.3) is 5.69 Å². The van der Waals surface area contributed by atoms with E-state index in [2.05, 4.69) is 10.3 Å². The Bertz CT molecular complexity index is 1140. The number of aromatic nitrogens is 1. The average Bonchev–Trinajstić information content (AvgIpc) is 2.67. The van der Waals surface area contributed by atoms with Gasteiger partial charge >= 0.3 is 5.97 Å². The number of para-hydroxylation sites is 1. The molecule has 0 bridgehead atoms. The molecule has 0 amide bonds. The van der Waals surface area contributed by atoms with Crippen molar-refractivity contribution in [1.82, 2.24) is 4.98 Å². The Morgan fingerprint density at radius 2 is 1.90 bits per heavy atom. The molecule has 0 aliphatic heterocycles. The Morgan fingerprint density at radius 3 is 2.62 bits per heavy atom. The second-order valence-corrected chi connectivity index (χ2v) is 7.08. The number of carboxylic acids is 1. The lowest BCUT2D eigenvalue weighted by atomic mass is 10.0. The molecule has 3 aromatic rings. The van der Waals surface area contributed by atoms with E-state index in [-0.39, 0.29) is 28.4 Å². The number of non-ortho nitro benzene ring substituents is 1. The van der Waals surface area contributed by atoms with Gasteiger partial charge in [0.2, 0.25) is 0 Å². The SMILES string of the molecule is Cc1cccc2c(=O)c3c(NCCCCCCC(=O)O)ccc([N+](=O)[O-])c3[nH]c12. The van der Waals surface area contributed by atoms with Crippen molar-refractivity contribution < 1.29 is 14.8 Å². The van der Waals surface area contributed by atoms with E-state index >= 15 is 0 Å². The molecule has 8 heteroatoms. The largest absolute Gasteiger partial charge is 0.481 e. The van der Waals surface area contributed by atoms with Crippen molar-refractivity contribution >= 4 is 39.1 Å². The minimum Gasteiger partial charge on any atom is -0.481 e. The van der Waals surface area contributed by atoms with Crippen LogP contribution >= 0.6 is 0 Å². The molecule has 0 aliphatic rings. The third kappa shape index (κ3) is 4.37. The Kier molecular flexibility index (Phi) is 6.11. The van der Waals surface area contributed by atoms with Gasteiger partial charge in [-0.25, -0.2) is 0 Å². The molecule has 1 heterocycles. The van der Waals surface area contributed by atoms with Crippen molar-refractivity contribution in [3.8, 4) is 0 Å². The highest BCUT2D eigenvalue weighted by Gasteiger charge is 2.19. The predicted molar refractivity (Wildman–Crippen MR) is 113 cm³/mol. The molecule has 0 saturated heterocycles. The summed E-state index contributed by atoms with van der Waals surface area (Å²) in [6.07, 6.45) is 3.30. The number of nitrogens with one attached hydrogen (secondary N) is 2. The van der Waals surface area contributed by atoms with E-state index < -0.39 is 10.9 Å². The summed E-state index contributed by atoms with van der Waals surface area (Å²) in [7, 11) is 0. The Balaban J connectivity index is 1.90. The second kappa shape index (κ2) is 8.72. The number of carbonyl (C=O) groups is 1. The summed E-state index contributed by atoms with van der Waals surface area (Å²) in [5.41, 5.74) is 1.83. The molecular formula is C21H23N3O5. The molecule has 0 aliphatic carbocycles. The van der Waals surface area contributed by atoms with Crippen LogP contribution in [-0.4, -0.2) is 27.5 Å². The number of nitrogens with zero attached hydrogens (tertiary/aromatic N) is 1. The van der Waals surface area contributed by atoms with Gasteiger partial charge in [0.05, 0.1) is 15.8 Å². The van der Waals surface area contributed by atoms with Crippen LogP contribution in [0.25, 0.3) is 21.8 Å². The third-order valence-electron chi connectivity index (χ3n) is 5.01. The topological polar surface area (TPSA) is 125 Å². The first-order chi connectivity index (χ1) is 13.9. The van der Waals surface area contributed by atoms with Crippen LogP contribution in [0.3, 0.4) is 0 Å². The van der Waals surface area contributed by atoms with E-state index in [1.807, 2.05) is 13.0 Å². The first kappa shape index (κ1) is 20.3. The highest BCUT2D eigenvalue weighted by atomic mass is 16.6. The lowest BCUT2D eigenvalue weighted by Crippen LogP contribution is -2.11. The number of fused-ring (bicyclic) bond motifs is 2. The maximum atomic E-state index is 13.1. The fourth-order valence-corrected chi connectivity index (χ4v) is 3.51. The Morgan fingerprint density at radius 1 is 1.14 bits per heavy atom. The normalized spacial score (nSPS) is 11.1. The number of H-pyrrole nitrogens is 1. The standard InChI is InChI=1S/C21H23N3O5/c1-13-7-6-8-14-19(13)23-20-16(24(28)29)11-10-15(18(20)21(14)27)22-12-5-3-2-4-9-17(25)26/h6-8,10-11,22H,2-5,9,12H2,1H3,(H,23,27)(H,25,26). The van der Waals surface area contributed by atoms with Crippen LogP contribution in [0.4, 0.5) is 11.4 Å². The van der Waals surface area contributed by atoms with E-state index in [9.17, 15) is 19.7 Å². The first-order valence-corrected chi connectivity index (χ1v) is 9.58. The van der Waals surface area contributed by atoms with Gasteiger partial charge in [0.1, 0.15) is 5.52 Å². The number of aromatic amines is 1. The van der Waals surface area contributed by atoms with E-state index in [0.29, 0.717) is 29.6 Å². The van der Waals surface area contributed by atoms with E-state index in [1.165, 1.54) is 6.07 Å². The number of aliphatic carboxylic acids is 1. The number of anilines is 1. The van der Waals surface area contributed by atoms with Crippen molar-refractivity contribution in [2.75, 3.05) is 11.9 Å². The third-order valence-corrected chi connectivity index (χ3v) is 5.01. The molecule has 1 aromatic heterocycles. The second-order valence-electron chi connectivity index (χ2n) is 7.08. The number of aryl methyl sites for hydroxylation is 1. The minimum atomic E-state index is -0.790. The summed E-state index contributed by atoms with van der Waals surface area (Å²) in [4.78, 5) is 37.8. The minimum absolute atomic E-state index is 0.138. The molecule has 2 aromatic carbocycles. The molecule has 29 heavy (non-hydrogen) atoms. The van der Waals surface area contributed by atoms with Crippen molar-refractivity contribution in [2.45, 2.75) is 39.0 Å². The zero-order valence-electron chi connectivity index (χ0n) is 16.2. The van der Waals surface area contributed by atoms with Crippen molar-refractivity contribution in [3.63, 3.8) is 0 Å². The first-order valence-electron chi connectivity index (χ1n) is 9.58. The van der Waals surface area contributed by atoms with Crippen LogP contribution in [-0.2, 0) is 4.79 Å².